The Morgan fingerprint density at radius 2 is 2.12 bits per heavy atom. The molecular weight excluding hydrogens is 214 g/mol. The van der Waals surface area contributed by atoms with Crippen LogP contribution in [-0.2, 0) is 0 Å². The Hall–Kier alpha value is -1.51. The minimum absolute atomic E-state index is 0.0168. The molecule has 0 saturated heterocycles. The highest BCUT2D eigenvalue weighted by Gasteiger charge is 2.11. The smallest absolute Gasteiger partial charge is 0.159 e. The van der Waals surface area contributed by atoms with Gasteiger partial charge in [-0.05, 0) is 30.7 Å². The summed E-state index contributed by atoms with van der Waals surface area (Å²) in [5, 5.41) is 20.2. The van der Waals surface area contributed by atoms with Crippen LogP contribution in [0.15, 0.2) is 18.2 Å². The van der Waals surface area contributed by atoms with Gasteiger partial charge in [0.25, 0.3) is 0 Å². The molecular formula is C11H12F2N2O. The minimum atomic E-state index is -0.971. The van der Waals surface area contributed by atoms with Crippen molar-refractivity contribution in [2.45, 2.75) is 12.5 Å². The molecule has 0 aliphatic carbocycles. The number of halogens is 2. The fraction of sp³-hybridized carbons (Fsp3) is 0.364. The quantitative estimate of drug-likeness (QED) is 0.748. The lowest BCUT2D eigenvalue weighted by Crippen LogP contribution is -2.22. The Morgan fingerprint density at radius 1 is 1.38 bits per heavy atom. The first-order chi connectivity index (χ1) is 7.69. The number of nitrogens with one attached hydrogen (secondary N) is 1. The Labute approximate surface area is 92.3 Å². The molecule has 5 heteroatoms. The average Bonchev–Trinajstić information content (AvgIpc) is 2.29. The van der Waals surface area contributed by atoms with Crippen LogP contribution in [0.25, 0.3) is 0 Å². The lowest BCUT2D eigenvalue weighted by Gasteiger charge is -2.11. The molecule has 0 bridgehead atoms. The normalized spacial score (nSPS) is 12.1. The number of benzene rings is 1. The number of rotatable bonds is 5. The first-order valence-corrected chi connectivity index (χ1v) is 4.88. The standard InChI is InChI=1S/C11H12F2N2O/c12-9-3-2-8(6-10(9)13)11(7-14)15-4-1-5-16/h2-3,6,11,15-16H,1,4-5H2. The Balaban J connectivity index is 2.72. The van der Waals surface area contributed by atoms with Crippen molar-refractivity contribution in [3.05, 3.63) is 35.4 Å². The Kier molecular flexibility index (Phi) is 4.83. The van der Waals surface area contributed by atoms with Gasteiger partial charge < -0.3 is 5.11 Å². The van der Waals surface area contributed by atoms with Crippen LogP contribution >= 0.6 is 0 Å². The van der Waals surface area contributed by atoms with E-state index >= 15 is 0 Å². The van der Waals surface area contributed by atoms with Gasteiger partial charge in [0.1, 0.15) is 6.04 Å². The zero-order chi connectivity index (χ0) is 12.0. The van der Waals surface area contributed by atoms with E-state index < -0.39 is 17.7 Å². The summed E-state index contributed by atoms with van der Waals surface area (Å²) in [6.07, 6.45) is 0.502. The van der Waals surface area contributed by atoms with Crippen molar-refractivity contribution in [1.29, 1.82) is 5.26 Å². The lowest BCUT2D eigenvalue weighted by atomic mass is 10.1. The van der Waals surface area contributed by atoms with E-state index in [0.717, 1.165) is 12.1 Å². The summed E-state index contributed by atoms with van der Waals surface area (Å²) in [5.74, 6) is -1.91. The van der Waals surface area contributed by atoms with E-state index in [-0.39, 0.29) is 6.61 Å². The molecule has 1 atom stereocenters. The first kappa shape index (κ1) is 12.6. The third kappa shape index (κ3) is 3.26. The highest BCUT2D eigenvalue weighted by molar-refractivity contribution is 5.25. The molecule has 0 aliphatic heterocycles. The number of hydrogen-bond acceptors (Lipinski definition) is 3. The molecule has 1 unspecified atom stereocenters. The van der Waals surface area contributed by atoms with E-state index in [1.54, 1.807) is 0 Å². The van der Waals surface area contributed by atoms with Gasteiger partial charge in [0.05, 0.1) is 6.07 Å². The topological polar surface area (TPSA) is 56.0 Å². The van der Waals surface area contributed by atoms with Crippen molar-refractivity contribution in [3.8, 4) is 6.07 Å². The summed E-state index contributed by atoms with van der Waals surface area (Å²) in [7, 11) is 0. The molecule has 0 radical (unpaired) electrons. The van der Waals surface area contributed by atoms with Crippen LogP contribution in [0.2, 0.25) is 0 Å². The van der Waals surface area contributed by atoms with Gasteiger partial charge >= 0.3 is 0 Å². The lowest BCUT2D eigenvalue weighted by molar-refractivity contribution is 0.285. The van der Waals surface area contributed by atoms with Gasteiger partial charge in [-0.15, -0.1) is 0 Å². The summed E-state index contributed by atoms with van der Waals surface area (Å²) in [4.78, 5) is 0. The van der Waals surface area contributed by atoms with Crippen LogP contribution in [0.4, 0.5) is 8.78 Å². The molecule has 0 fully saturated rings. The molecule has 16 heavy (non-hydrogen) atoms. The molecule has 1 aromatic rings. The SMILES string of the molecule is N#CC(NCCCO)c1ccc(F)c(F)c1. The summed E-state index contributed by atoms with van der Waals surface area (Å²) in [6.45, 7) is 0.455. The van der Waals surface area contributed by atoms with Gasteiger partial charge in [-0.25, -0.2) is 8.78 Å². The second-order valence-corrected chi connectivity index (χ2v) is 3.27. The van der Waals surface area contributed by atoms with Gasteiger partial charge in [-0.2, -0.15) is 5.26 Å². The van der Waals surface area contributed by atoms with E-state index in [1.165, 1.54) is 6.07 Å². The van der Waals surface area contributed by atoms with Crippen LogP contribution in [0.5, 0.6) is 0 Å². The van der Waals surface area contributed by atoms with E-state index in [1.807, 2.05) is 6.07 Å². The van der Waals surface area contributed by atoms with Gasteiger partial charge in [0.2, 0.25) is 0 Å². The highest BCUT2D eigenvalue weighted by Crippen LogP contribution is 2.15. The van der Waals surface area contributed by atoms with Crippen LogP contribution in [0, 0.1) is 23.0 Å². The molecule has 1 rings (SSSR count). The molecule has 86 valence electrons. The third-order valence-electron chi connectivity index (χ3n) is 2.09. The average molecular weight is 226 g/mol. The molecule has 0 aliphatic rings. The van der Waals surface area contributed by atoms with Gasteiger partial charge in [0, 0.05) is 6.61 Å². The third-order valence-corrected chi connectivity index (χ3v) is 2.09. The summed E-state index contributed by atoms with van der Waals surface area (Å²) in [6, 6.07) is 4.59. The predicted octanol–water partition coefficient (Wildman–Crippen LogP) is 1.50. The van der Waals surface area contributed by atoms with Crippen molar-refractivity contribution in [2.75, 3.05) is 13.2 Å². The van der Waals surface area contributed by atoms with E-state index in [2.05, 4.69) is 5.32 Å². The fourth-order valence-electron chi connectivity index (χ4n) is 1.26. The van der Waals surface area contributed by atoms with Crippen LogP contribution < -0.4 is 5.32 Å². The van der Waals surface area contributed by atoms with Gasteiger partial charge in [0.15, 0.2) is 11.6 Å². The molecule has 0 amide bonds. The summed E-state index contributed by atoms with van der Waals surface area (Å²) in [5.41, 5.74) is 0.374. The maximum atomic E-state index is 12.9. The monoisotopic (exact) mass is 226 g/mol. The second-order valence-electron chi connectivity index (χ2n) is 3.27. The molecule has 2 N–H and O–H groups in total. The number of aliphatic hydroxyl groups excluding tert-OH is 1. The van der Waals surface area contributed by atoms with Crippen molar-refractivity contribution < 1.29 is 13.9 Å². The van der Waals surface area contributed by atoms with E-state index in [9.17, 15) is 8.78 Å². The highest BCUT2D eigenvalue weighted by atomic mass is 19.2. The number of nitrogens with zero attached hydrogens (tertiary/aromatic N) is 1. The Bertz CT molecular complexity index is 390. The van der Waals surface area contributed by atoms with E-state index in [4.69, 9.17) is 10.4 Å². The first-order valence-electron chi connectivity index (χ1n) is 4.88. The van der Waals surface area contributed by atoms with Crippen molar-refractivity contribution in [2.24, 2.45) is 0 Å². The zero-order valence-electron chi connectivity index (χ0n) is 8.58. The van der Waals surface area contributed by atoms with Crippen molar-refractivity contribution >= 4 is 0 Å². The maximum Gasteiger partial charge on any atom is 0.159 e. The molecule has 0 aromatic heterocycles. The minimum Gasteiger partial charge on any atom is -0.396 e. The number of nitriles is 1. The van der Waals surface area contributed by atoms with Crippen molar-refractivity contribution in [3.63, 3.8) is 0 Å². The molecule has 3 nitrogen and oxygen atoms in total. The van der Waals surface area contributed by atoms with Gasteiger partial charge in [-0.3, -0.25) is 5.32 Å². The predicted molar refractivity (Wildman–Crippen MR) is 54.4 cm³/mol. The van der Waals surface area contributed by atoms with Gasteiger partial charge in [-0.1, -0.05) is 6.07 Å². The van der Waals surface area contributed by atoms with Crippen LogP contribution in [-0.4, -0.2) is 18.3 Å². The summed E-state index contributed by atoms with van der Waals surface area (Å²) >= 11 is 0. The molecule has 0 spiro atoms. The van der Waals surface area contributed by atoms with Crippen LogP contribution in [0.3, 0.4) is 0 Å². The maximum absolute atomic E-state index is 12.9. The number of aliphatic hydroxyl groups is 1. The molecule has 0 saturated carbocycles. The fourth-order valence-corrected chi connectivity index (χ4v) is 1.26. The molecule has 1 aromatic carbocycles. The van der Waals surface area contributed by atoms with Crippen molar-refractivity contribution in [1.82, 2.24) is 5.32 Å². The Morgan fingerprint density at radius 3 is 2.69 bits per heavy atom. The summed E-state index contributed by atoms with van der Waals surface area (Å²) < 4.78 is 25.6. The zero-order valence-corrected chi connectivity index (χ0v) is 8.58. The van der Waals surface area contributed by atoms with Crippen LogP contribution in [0.1, 0.15) is 18.0 Å². The number of hydrogen-bond donors (Lipinski definition) is 2. The second kappa shape index (κ2) is 6.16. The largest absolute Gasteiger partial charge is 0.396 e. The molecule has 0 heterocycles. The van der Waals surface area contributed by atoms with E-state index in [0.29, 0.717) is 18.5 Å².